The Morgan fingerprint density at radius 2 is 2.22 bits per heavy atom. The molecule has 1 aliphatic rings. The Morgan fingerprint density at radius 1 is 1.50 bits per heavy atom. The van der Waals surface area contributed by atoms with E-state index in [2.05, 4.69) is 10.3 Å². The molecule has 1 heterocycles. The number of nitrogen functional groups attached to an aromatic ring is 1. The lowest BCUT2D eigenvalue weighted by atomic mass is 10.2. The van der Waals surface area contributed by atoms with Gasteiger partial charge in [0.25, 0.3) is 0 Å². The summed E-state index contributed by atoms with van der Waals surface area (Å²) in [7, 11) is 0. The number of anilines is 2. The zero-order valence-electron chi connectivity index (χ0n) is 10.9. The first kappa shape index (κ1) is 13.0. The lowest BCUT2D eigenvalue weighted by molar-refractivity contribution is 0.164. The highest BCUT2D eigenvalue weighted by Crippen LogP contribution is 2.32. The van der Waals surface area contributed by atoms with Crippen LogP contribution in [0.15, 0.2) is 12.1 Å². The molecule has 1 atom stereocenters. The van der Waals surface area contributed by atoms with Crippen LogP contribution in [0.3, 0.4) is 0 Å². The number of aliphatic hydroxyl groups is 1. The predicted molar refractivity (Wildman–Crippen MR) is 71.6 cm³/mol. The lowest BCUT2D eigenvalue weighted by Gasteiger charge is -2.14. The van der Waals surface area contributed by atoms with E-state index in [1.54, 1.807) is 12.1 Å². The van der Waals surface area contributed by atoms with Gasteiger partial charge in [0, 0.05) is 6.54 Å². The first-order valence-electron chi connectivity index (χ1n) is 6.41. The third-order valence-corrected chi connectivity index (χ3v) is 2.90. The molecule has 1 fully saturated rings. The van der Waals surface area contributed by atoms with Crippen LogP contribution in [0.25, 0.3) is 0 Å². The predicted octanol–water partition coefficient (Wildman–Crippen LogP) is 1.63. The molecule has 0 saturated heterocycles. The van der Waals surface area contributed by atoms with E-state index in [1.807, 2.05) is 13.8 Å². The summed E-state index contributed by atoms with van der Waals surface area (Å²) < 4.78 is 5.51. The average molecular weight is 251 g/mol. The van der Waals surface area contributed by atoms with Crippen molar-refractivity contribution in [3.8, 4) is 5.88 Å². The van der Waals surface area contributed by atoms with Crippen LogP contribution in [0.1, 0.15) is 26.7 Å². The Labute approximate surface area is 107 Å². The summed E-state index contributed by atoms with van der Waals surface area (Å²) in [6.07, 6.45) is 1.99. The number of hydrogen-bond acceptors (Lipinski definition) is 5. The number of hydrogen-bond donors (Lipinski definition) is 3. The fourth-order valence-electron chi connectivity index (χ4n) is 1.72. The topological polar surface area (TPSA) is 80.4 Å². The van der Waals surface area contributed by atoms with E-state index in [0.29, 0.717) is 29.8 Å². The summed E-state index contributed by atoms with van der Waals surface area (Å²) in [5, 5.41) is 12.9. The van der Waals surface area contributed by atoms with Crippen molar-refractivity contribution in [2.75, 3.05) is 17.6 Å². The third kappa shape index (κ3) is 3.50. The van der Waals surface area contributed by atoms with E-state index in [1.165, 1.54) is 0 Å². The van der Waals surface area contributed by atoms with Gasteiger partial charge >= 0.3 is 0 Å². The maximum absolute atomic E-state index is 9.77. The SMILES string of the molecule is CC(C)Oc1nc(NCC(O)C2CC2)ccc1N. The minimum Gasteiger partial charge on any atom is -0.473 e. The number of rotatable bonds is 6. The van der Waals surface area contributed by atoms with Crippen LogP contribution >= 0.6 is 0 Å². The molecule has 1 aromatic rings. The second-order valence-electron chi connectivity index (χ2n) is 5.04. The molecule has 5 nitrogen and oxygen atoms in total. The molecule has 5 heteroatoms. The van der Waals surface area contributed by atoms with Crippen LogP contribution in [0, 0.1) is 5.92 Å². The van der Waals surface area contributed by atoms with Crippen molar-refractivity contribution < 1.29 is 9.84 Å². The van der Waals surface area contributed by atoms with E-state index in [9.17, 15) is 5.11 Å². The molecule has 1 aromatic heterocycles. The van der Waals surface area contributed by atoms with Gasteiger partial charge in [0.2, 0.25) is 5.88 Å². The number of aromatic nitrogens is 1. The third-order valence-electron chi connectivity index (χ3n) is 2.90. The molecule has 18 heavy (non-hydrogen) atoms. The van der Waals surface area contributed by atoms with E-state index >= 15 is 0 Å². The van der Waals surface area contributed by atoms with Gasteiger partial charge in [-0.15, -0.1) is 0 Å². The monoisotopic (exact) mass is 251 g/mol. The molecule has 0 aromatic carbocycles. The standard InChI is InChI=1S/C13H21N3O2/c1-8(2)18-13-10(14)5-6-12(16-13)15-7-11(17)9-3-4-9/h5-6,8-9,11,17H,3-4,7,14H2,1-2H3,(H,15,16). The van der Waals surface area contributed by atoms with Crippen molar-refractivity contribution >= 4 is 11.5 Å². The molecule has 1 unspecified atom stereocenters. The zero-order chi connectivity index (χ0) is 13.1. The van der Waals surface area contributed by atoms with Gasteiger partial charge in [0.1, 0.15) is 5.82 Å². The molecular formula is C13H21N3O2. The number of nitrogens with zero attached hydrogens (tertiary/aromatic N) is 1. The molecule has 1 saturated carbocycles. The first-order chi connectivity index (χ1) is 8.56. The number of pyridine rings is 1. The molecule has 0 aliphatic heterocycles. The molecule has 0 spiro atoms. The van der Waals surface area contributed by atoms with Gasteiger partial charge in [-0.3, -0.25) is 0 Å². The molecular weight excluding hydrogens is 230 g/mol. The normalized spacial score (nSPS) is 16.7. The summed E-state index contributed by atoms with van der Waals surface area (Å²) in [4.78, 5) is 4.29. The van der Waals surface area contributed by atoms with Gasteiger partial charge < -0.3 is 20.9 Å². The van der Waals surface area contributed by atoms with Crippen LogP contribution in [-0.4, -0.2) is 28.8 Å². The Morgan fingerprint density at radius 3 is 2.83 bits per heavy atom. The molecule has 2 rings (SSSR count). The summed E-state index contributed by atoms with van der Waals surface area (Å²) >= 11 is 0. The van der Waals surface area contributed by atoms with Crippen LogP contribution in [-0.2, 0) is 0 Å². The molecule has 4 N–H and O–H groups in total. The van der Waals surface area contributed by atoms with Gasteiger partial charge in [0.05, 0.1) is 17.9 Å². The Kier molecular flexibility index (Phi) is 3.91. The van der Waals surface area contributed by atoms with Gasteiger partial charge in [0.15, 0.2) is 0 Å². The average Bonchev–Trinajstić information content (AvgIpc) is 3.13. The van der Waals surface area contributed by atoms with Gasteiger partial charge in [-0.25, -0.2) is 0 Å². The van der Waals surface area contributed by atoms with Crippen LogP contribution in [0.4, 0.5) is 11.5 Å². The first-order valence-corrected chi connectivity index (χ1v) is 6.41. The second-order valence-corrected chi connectivity index (χ2v) is 5.04. The van der Waals surface area contributed by atoms with Crippen LogP contribution in [0.2, 0.25) is 0 Å². The van der Waals surface area contributed by atoms with Gasteiger partial charge in [-0.1, -0.05) is 0 Å². The quantitative estimate of drug-likeness (QED) is 0.716. The molecule has 0 bridgehead atoms. The highest BCUT2D eigenvalue weighted by molar-refractivity contribution is 5.53. The number of nitrogens with two attached hydrogens (primary N) is 1. The fourth-order valence-corrected chi connectivity index (χ4v) is 1.72. The summed E-state index contributed by atoms with van der Waals surface area (Å²) in [5.41, 5.74) is 6.31. The number of ether oxygens (including phenoxy) is 1. The van der Waals surface area contributed by atoms with Gasteiger partial charge in [-0.2, -0.15) is 4.98 Å². The van der Waals surface area contributed by atoms with Crippen molar-refractivity contribution in [3.05, 3.63) is 12.1 Å². The Hall–Kier alpha value is -1.49. The summed E-state index contributed by atoms with van der Waals surface area (Å²) in [6, 6.07) is 3.55. The molecule has 1 aliphatic carbocycles. The van der Waals surface area contributed by atoms with Crippen molar-refractivity contribution in [3.63, 3.8) is 0 Å². The molecule has 0 amide bonds. The van der Waals surface area contributed by atoms with Crippen molar-refractivity contribution in [1.29, 1.82) is 0 Å². The molecule has 100 valence electrons. The van der Waals surface area contributed by atoms with Gasteiger partial charge in [-0.05, 0) is 44.7 Å². The number of nitrogens with one attached hydrogen (secondary N) is 1. The largest absolute Gasteiger partial charge is 0.473 e. The summed E-state index contributed by atoms with van der Waals surface area (Å²) in [6.45, 7) is 4.37. The van der Waals surface area contributed by atoms with Crippen LogP contribution in [0.5, 0.6) is 5.88 Å². The minimum absolute atomic E-state index is 0.0344. The van der Waals surface area contributed by atoms with E-state index in [4.69, 9.17) is 10.5 Å². The zero-order valence-corrected chi connectivity index (χ0v) is 10.9. The minimum atomic E-state index is -0.293. The maximum atomic E-state index is 9.77. The smallest absolute Gasteiger partial charge is 0.239 e. The lowest BCUT2D eigenvalue weighted by Crippen LogP contribution is -2.22. The summed E-state index contributed by atoms with van der Waals surface area (Å²) in [5.74, 6) is 1.58. The highest BCUT2D eigenvalue weighted by Gasteiger charge is 2.29. The van der Waals surface area contributed by atoms with E-state index in [-0.39, 0.29) is 12.2 Å². The maximum Gasteiger partial charge on any atom is 0.239 e. The fraction of sp³-hybridized carbons (Fsp3) is 0.615. The Balaban J connectivity index is 1.95. The highest BCUT2D eigenvalue weighted by atomic mass is 16.5. The Bertz CT molecular complexity index is 405. The molecule has 0 radical (unpaired) electrons. The van der Waals surface area contributed by atoms with Crippen LogP contribution < -0.4 is 15.8 Å². The van der Waals surface area contributed by atoms with E-state index in [0.717, 1.165) is 12.8 Å². The van der Waals surface area contributed by atoms with Crippen molar-refractivity contribution in [2.24, 2.45) is 5.92 Å². The number of aliphatic hydroxyl groups excluding tert-OH is 1. The second kappa shape index (κ2) is 5.44. The van der Waals surface area contributed by atoms with Crippen molar-refractivity contribution in [1.82, 2.24) is 4.98 Å². The van der Waals surface area contributed by atoms with Crippen molar-refractivity contribution in [2.45, 2.75) is 38.9 Å². The van der Waals surface area contributed by atoms with E-state index < -0.39 is 0 Å².